The summed E-state index contributed by atoms with van der Waals surface area (Å²) in [5.74, 6) is -0.521. The largest absolute Gasteiger partial charge is 0.464 e. The van der Waals surface area contributed by atoms with E-state index in [4.69, 9.17) is 4.74 Å². The number of aryl methyl sites for hydroxylation is 1. The lowest BCUT2D eigenvalue weighted by atomic mass is 10.2. The van der Waals surface area contributed by atoms with Gasteiger partial charge in [-0.25, -0.2) is 4.79 Å². The van der Waals surface area contributed by atoms with Crippen molar-refractivity contribution >= 4 is 38.1 Å². The first-order chi connectivity index (χ1) is 12.3. The summed E-state index contributed by atoms with van der Waals surface area (Å²) in [6.45, 7) is 5.68. The third-order valence-electron chi connectivity index (χ3n) is 3.54. The molecule has 0 fully saturated rings. The van der Waals surface area contributed by atoms with Crippen molar-refractivity contribution in [2.24, 2.45) is 5.10 Å². The summed E-state index contributed by atoms with van der Waals surface area (Å²) < 4.78 is 31.7. The molecule has 0 bridgehead atoms. The van der Waals surface area contributed by atoms with Gasteiger partial charge in [-0.05, 0) is 40.5 Å². The highest BCUT2D eigenvalue weighted by molar-refractivity contribution is 9.10. The van der Waals surface area contributed by atoms with Crippen molar-refractivity contribution in [3.8, 4) is 0 Å². The smallest absolute Gasteiger partial charge is 0.354 e. The van der Waals surface area contributed by atoms with Gasteiger partial charge in [0.2, 0.25) is 0 Å². The van der Waals surface area contributed by atoms with E-state index in [2.05, 4.69) is 32.4 Å². The zero-order chi connectivity index (χ0) is 19.3. The van der Waals surface area contributed by atoms with Crippen LogP contribution in [-0.2, 0) is 21.3 Å². The summed E-state index contributed by atoms with van der Waals surface area (Å²) in [6, 6.07) is 8.17. The number of aromatic nitrogens is 1. The van der Waals surface area contributed by atoms with Crippen molar-refractivity contribution in [3.63, 3.8) is 0 Å². The Morgan fingerprint density at radius 1 is 1.42 bits per heavy atom. The van der Waals surface area contributed by atoms with Crippen LogP contribution in [0.15, 0.2) is 57.5 Å². The fourth-order valence-corrected chi connectivity index (χ4v) is 3.90. The number of ether oxygens (including phenoxy) is 1. The number of carbonyl (C=O) groups excluding carboxylic acids is 1. The Balaban J connectivity index is 2.33. The molecule has 138 valence electrons. The van der Waals surface area contributed by atoms with E-state index in [9.17, 15) is 13.2 Å². The lowest BCUT2D eigenvalue weighted by molar-refractivity contribution is 0.0589. The van der Waals surface area contributed by atoms with E-state index in [1.165, 1.54) is 19.4 Å². The number of esters is 1. The number of hydrogen-bond acceptors (Lipinski definition) is 5. The predicted octanol–water partition coefficient (Wildman–Crippen LogP) is 2.84. The normalized spacial score (nSPS) is 11.5. The number of halogens is 1. The number of nitrogens with one attached hydrogen (secondary N) is 1. The third kappa shape index (κ3) is 4.23. The van der Waals surface area contributed by atoms with Gasteiger partial charge >= 0.3 is 5.97 Å². The van der Waals surface area contributed by atoms with Crippen LogP contribution in [0.25, 0.3) is 0 Å². The zero-order valence-corrected chi connectivity index (χ0v) is 16.7. The van der Waals surface area contributed by atoms with Gasteiger partial charge < -0.3 is 9.30 Å². The summed E-state index contributed by atoms with van der Waals surface area (Å²) in [5.41, 5.74) is 1.40. The average molecular weight is 440 g/mol. The van der Waals surface area contributed by atoms with Crippen molar-refractivity contribution in [2.75, 3.05) is 7.11 Å². The van der Waals surface area contributed by atoms with E-state index in [0.717, 1.165) is 0 Å². The maximum atomic E-state index is 12.4. The summed E-state index contributed by atoms with van der Waals surface area (Å²) in [4.78, 5) is 14.2. The predicted molar refractivity (Wildman–Crippen MR) is 103 cm³/mol. The van der Waals surface area contributed by atoms with Crippen molar-refractivity contribution in [1.29, 1.82) is 0 Å². The Morgan fingerprint density at radius 2 is 2.12 bits per heavy atom. The number of rotatable bonds is 7. The Morgan fingerprint density at radius 3 is 2.73 bits per heavy atom. The SMILES string of the molecule is C=CCn1c(C(=O)OC)cc(Br)c1/C=N/NS(=O)(=O)c1ccccc1C. The highest BCUT2D eigenvalue weighted by Crippen LogP contribution is 2.22. The average Bonchev–Trinajstić information content (AvgIpc) is 2.91. The highest BCUT2D eigenvalue weighted by atomic mass is 79.9. The van der Waals surface area contributed by atoms with Crippen molar-refractivity contribution in [1.82, 2.24) is 9.40 Å². The summed E-state index contributed by atoms with van der Waals surface area (Å²) >= 11 is 3.34. The molecule has 0 aliphatic heterocycles. The molecule has 0 radical (unpaired) electrons. The van der Waals surface area contributed by atoms with Crippen LogP contribution in [-0.4, -0.2) is 32.3 Å². The van der Waals surface area contributed by atoms with Crippen LogP contribution < -0.4 is 4.83 Å². The van der Waals surface area contributed by atoms with Gasteiger partial charge in [0.15, 0.2) is 0 Å². The van der Waals surface area contributed by atoms with Crippen LogP contribution in [0.4, 0.5) is 0 Å². The molecular formula is C17H18BrN3O4S. The van der Waals surface area contributed by atoms with E-state index < -0.39 is 16.0 Å². The highest BCUT2D eigenvalue weighted by Gasteiger charge is 2.19. The lowest BCUT2D eigenvalue weighted by Gasteiger charge is -2.08. The van der Waals surface area contributed by atoms with Gasteiger partial charge in [0.05, 0.1) is 23.9 Å². The first kappa shape index (κ1) is 19.9. The minimum Gasteiger partial charge on any atom is -0.464 e. The molecule has 2 aromatic rings. The number of sulfonamides is 1. The molecule has 26 heavy (non-hydrogen) atoms. The minimum absolute atomic E-state index is 0.146. The second-order valence-corrected chi connectivity index (χ2v) is 7.76. The number of carbonyl (C=O) groups is 1. The number of benzene rings is 1. The fraction of sp³-hybridized carbons (Fsp3) is 0.176. The van der Waals surface area contributed by atoms with Crippen LogP contribution in [0.5, 0.6) is 0 Å². The molecule has 0 unspecified atom stereocenters. The van der Waals surface area contributed by atoms with Crippen LogP contribution in [0.3, 0.4) is 0 Å². The van der Waals surface area contributed by atoms with Crippen LogP contribution in [0, 0.1) is 6.92 Å². The molecule has 0 saturated heterocycles. The van der Waals surface area contributed by atoms with E-state index in [-0.39, 0.29) is 4.90 Å². The molecule has 0 saturated carbocycles. The maximum Gasteiger partial charge on any atom is 0.354 e. The van der Waals surface area contributed by atoms with Gasteiger partial charge in [-0.2, -0.15) is 18.4 Å². The van der Waals surface area contributed by atoms with Gasteiger partial charge in [0, 0.05) is 11.0 Å². The molecular weight excluding hydrogens is 422 g/mol. The Labute approximate surface area is 160 Å². The molecule has 2 rings (SSSR count). The number of hydrogen-bond donors (Lipinski definition) is 1. The Kier molecular flexibility index (Phi) is 6.38. The molecule has 0 atom stereocenters. The number of hydrazone groups is 1. The molecule has 1 heterocycles. The molecule has 9 heteroatoms. The number of methoxy groups -OCH3 is 1. The van der Waals surface area contributed by atoms with E-state index in [1.807, 2.05) is 0 Å². The van der Waals surface area contributed by atoms with Crippen LogP contribution in [0.2, 0.25) is 0 Å². The van der Waals surface area contributed by atoms with Gasteiger partial charge in [-0.15, -0.1) is 6.58 Å². The van der Waals surface area contributed by atoms with Crippen molar-refractivity contribution in [2.45, 2.75) is 18.4 Å². The standard InChI is InChI=1S/C17H18BrN3O4S/c1-4-9-21-14(17(22)25-3)10-13(18)15(21)11-19-20-26(23,24)16-8-6-5-7-12(16)2/h4-8,10-11,20H,1,9H2,2-3H3/b19-11+. The van der Waals surface area contributed by atoms with Gasteiger partial charge in [-0.1, -0.05) is 24.3 Å². The molecule has 1 N–H and O–H groups in total. The van der Waals surface area contributed by atoms with Crippen molar-refractivity contribution < 1.29 is 17.9 Å². The van der Waals surface area contributed by atoms with Crippen LogP contribution in [0.1, 0.15) is 21.7 Å². The lowest BCUT2D eigenvalue weighted by Crippen LogP contribution is -2.20. The molecule has 7 nitrogen and oxygen atoms in total. The van der Waals surface area contributed by atoms with E-state index in [0.29, 0.717) is 28.0 Å². The molecule has 1 aromatic carbocycles. The van der Waals surface area contributed by atoms with E-state index >= 15 is 0 Å². The maximum absolute atomic E-state index is 12.4. The molecule has 0 aliphatic carbocycles. The summed E-state index contributed by atoms with van der Waals surface area (Å²) in [5, 5.41) is 3.83. The van der Waals surface area contributed by atoms with Crippen molar-refractivity contribution in [3.05, 3.63) is 64.4 Å². The van der Waals surface area contributed by atoms with E-state index in [1.54, 1.807) is 41.8 Å². The third-order valence-corrected chi connectivity index (χ3v) is 5.56. The fourth-order valence-electron chi connectivity index (χ4n) is 2.33. The molecule has 1 aromatic heterocycles. The monoisotopic (exact) mass is 439 g/mol. The topological polar surface area (TPSA) is 89.8 Å². The Bertz CT molecular complexity index is 964. The zero-order valence-electron chi connectivity index (χ0n) is 14.3. The van der Waals surface area contributed by atoms with Gasteiger partial charge in [-0.3, -0.25) is 0 Å². The van der Waals surface area contributed by atoms with Gasteiger partial charge in [0.25, 0.3) is 10.0 Å². The second-order valence-electron chi connectivity index (χ2n) is 5.27. The minimum atomic E-state index is -3.80. The summed E-state index contributed by atoms with van der Waals surface area (Å²) in [7, 11) is -2.51. The number of nitrogens with zero attached hydrogens (tertiary/aromatic N) is 2. The molecule has 0 amide bonds. The molecule has 0 aliphatic rings. The first-order valence-corrected chi connectivity index (χ1v) is 9.78. The first-order valence-electron chi connectivity index (χ1n) is 7.50. The van der Waals surface area contributed by atoms with Gasteiger partial charge in [0.1, 0.15) is 5.69 Å². The number of allylic oxidation sites excluding steroid dienone is 1. The Hall–Kier alpha value is -2.39. The molecule has 0 spiro atoms. The quantitative estimate of drug-likeness (QED) is 0.310. The summed E-state index contributed by atoms with van der Waals surface area (Å²) in [6.07, 6.45) is 2.92. The van der Waals surface area contributed by atoms with Crippen LogP contribution >= 0.6 is 15.9 Å². The second kappa shape index (κ2) is 8.33.